The van der Waals surface area contributed by atoms with Gasteiger partial charge in [0, 0.05) is 0 Å². The molecule has 2 aromatic carbocycles. The van der Waals surface area contributed by atoms with Gasteiger partial charge in [0.1, 0.15) is 0 Å². The van der Waals surface area contributed by atoms with Crippen LogP contribution >= 0.6 is 0 Å². The summed E-state index contributed by atoms with van der Waals surface area (Å²) in [6.45, 7) is 4.42. The number of aryl methyl sites for hydroxylation is 2. The summed E-state index contributed by atoms with van der Waals surface area (Å²) in [7, 11) is 4.17. The summed E-state index contributed by atoms with van der Waals surface area (Å²) in [5.74, 6) is 0. The third kappa shape index (κ3) is 4.98. The number of nitrogens with zero attached hydrogens (tertiary/aromatic N) is 1. The van der Waals surface area contributed by atoms with E-state index in [1.807, 2.05) is 0 Å². The van der Waals surface area contributed by atoms with Crippen LogP contribution in [0.1, 0.15) is 36.1 Å². The van der Waals surface area contributed by atoms with Gasteiger partial charge >= 0.3 is 193 Å². The molecule has 0 bridgehead atoms. The second kappa shape index (κ2) is 9.64. The molecule has 1 nitrogen and oxygen atoms in total. The van der Waals surface area contributed by atoms with Crippen LogP contribution < -0.4 is 0 Å². The molecule has 0 saturated carbocycles. The predicted octanol–water partition coefficient (Wildman–Crippen LogP) is 6.05. The molecule has 0 N–H and O–H groups in total. The van der Waals surface area contributed by atoms with Crippen molar-refractivity contribution in [1.82, 2.24) is 0 Å². The van der Waals surface area contributed by atoms with Crippen molar-refractivity contribution < 1.29 is 4.58 Å². The van der Waals surface area contributed by atoms with E-state index in [0.29, 0.717) is 0 Å². The van der Waals surface area contributed by atoms with E-state index in [4.69, 9.17) is 0 Å². The van der Waals surface area contributed by atoms with E-state index in [1.54, 1.807) is 0 Å². The van der Waals surface area contributed by atoms with E-state index in [1.165, 1.54) is 48.1 Å². The van der Waals surface area contributed by atoms with Gasteiger partial charge in [-0.2, -0.15) is 0 Å². The maximum atomic E-state index is 2.40. The standard InChI is InChI=1S/C29H30NSe/c1-5-21-7-11-24(12-8-21)28-19-26(23-15-17-27(18-16-23)30(3)4)20-29(31-28)25-13-9-22(6-2)10-14-25/h7-20H,5-6H2,1-4H3/q+1. The Bertz CT molecular complexity index is 1060. The van der Waals surface area contributed by atoms with Gasteiger partial charge in [-0.1, -0.05) is 0 Å². The van der Waals surface area contributed by atoms with Crippen LogP contribution in [0.4, 0.5) is 0 Å². The average molecular weight is 472 g/mol. The minimum atomic E-state index is 0.272. The Hall–Kier alpha value is -2.67. The average Bonchev–Trinajstić information content (AvgIpc) is 2.84. The molecule has 0 spiro atoms. The van der Waals surface area contributed by atoms with Gasteiger partial charge in [-0.15, -0.1) is 0 Å². The molecule has 0 fully saturated rings. The first kappa shape index (κ1) is 21.6. The molecule has 0 amide bonds. The fourth-order valence-corrected chi connectivity index (χ4v) is 6.06. The Morgan fingerprint density at radius 1 is 0.613 bits per heavy atom. The fourth-order valence-electron chi connectivity index (χ4n) is 3.71. The van der Waals surface area contributed by atoms with Crippen molar-refractivity contribution in [1.29, 1.82) is 0 Å². The van der Waals surface area contributed by atoms with E-state index < -0.39 is 0 Å². The molecular weight excluding hydrogens is 441 g/mol. The zero-order chi connectivity index (χ0) is 21.8. The number of benzene rings is 2. The zero-order valence-electron chi connectivity index (χ0n) is 18.9. The first-order chi connectivity index (χ1) is 15.1. The van der Waals surface area contributed by atoms with Gasteiger partial charge in [-0.25, -0.2) is 0 Å². The minimum absolute atomic E-state index is 0.272. The van der Waals surface area contributed by atoms with Crippen LogP contribution in [-0.2, 0) is 12.8 Å². The van der Waals surface area contributed by atoms with Crippen molar-refractivity contribution in [2.75, 3.05) is 14.1 Å². The van der Waals surface area contributed by atoms with Crippen molar-refractivity contribution in [3.63, 3.8) is 0 Å². The molecule has 156 valence electrons. The van der Waals surface area contributed by atoms with Crippen molar-refractivity contribution in [3.05, 3.63) is 118 Å². The molecule has 1 heterocycles. The topological polar surface area (TPSA) is 3.01 Å². The molecule has 1 aliphatic heterocycles. The molecule has 2 aromatic rings. The summed E-state index contributed by atoms with van der Waals surface area (Å²) in [5.41, 5.74) is 9.26. The Morgan fingerprint density at radius 2 is 1.06 bits per heavy atom. The molecule has 31 heavy (non-hydrogen) atoms. The Labute approximate surface area is 193 Å². The fraction of sp³-hybridized carbons (Fsp3) is 0.207. The van der Waals surface area contributed by atoms with Gasteiger partial charge in [-0.05, 0) is 0 Å². The van der Waals surface area contributed by atoms with Gasteiger partial charge in [0.05, 0.1) is 0 Å². The first-order valence-corrected chi connectivity index (χ1v) is 12.7. The van der Waals surface area contributed by atoms with E-state index in [-0.39, 0.29) is 15.0 Å². The van der Waals surface area contributed by atoms with E-state index >= 15 is 0 Å². The summed E-state index contributed by atoms with van der Waals surface area (Å²) < 4.78 is 5.03. The second-order valence-corrected chi connectivity index (χ2v) is 10.4. The number of allylic oxidation sites excluding steroid dienone is 8. The van der Waals surface area contributed by atoms with Gasteiger partial charge in [0.15, 0.2) is 0 Å². The number of rotatable bonds is 4. The van der Waals surface area contributed by atoms with Crippen LogP contribution in [0.25, 0.3) is 8.94 Å². The summed E-state index contributed by atoms with van der Waals surface area (Å²) >= 11 is 0.272. The second-order valence-electron chi connectivity index (χ2n) is 8.12. The monoisotopic (exact) mass is 472 g/mol. The molecule has 0 unspecified atom stereocenters. The predicted molar refractivity (Wildman–Crippen MR) is 136 cm³/mol. The summed E-state index contributed by atoms with van der Waals surface area (Å²) in [6.07, 6.45) is 15.8. The van der Waals surface area contributed by atoms with E-state index in [9.17, 15) is 0 Å². The molecule has 4 rings (SSSR count). The van der Waals surface area contributed by atoms with Crippen molar-refractivity contribution >= 4 is 29.6 Å². The maximum absolute atomic E-state index is 2.40. The molecule has 1 aliphatic carbocycles. The van der Waals surface area contributed by atoms with Crippen LogP contribution in [0.5, 0.6) is 0 Å². The van der Waals surface area contributed by atoms with E-state index in [2.05, 4.69) is 118 Å². The number of hydrogen-bond donors (Lipinski definition) is 0. The molecule has 2 aliphatic rings. The first-order valence-electron chi connectivity index (χ1n) is 11.0. The zero-order valence-corrected chi connectivity index (χ0v) is 20.6. The Morgan fingerprint density at radius 3 is 1.45 bits per heavy atom. The summed E-state index contributed by atoms with van der Waals surface area (Å²) in [5, 5.41) is 0. The normalized spacial score (nSPS) is 15.8. The Balaban J connectivity index is 1.78. The van der Waals surface area contributed by atoms with Crippen LogP contribution in [0.15, 0.2) is 96.1 Å². The summed E-state index contributed by atoms with van der Waals surface area (Å²) in [6, 6.07) is 18.3. The van der Waals surface area contributed by atoms with Crippen LogP contribution in [-0.4, -0.2) is 39.3 Å². The van der Waals surface area contributed by atoms with Gasteiger partial charge in [0.2, 0.25) is 0 Å². The quantitative estimate of drug-likeness (QED) is 0.378. The van der Waals surface area contributed by atoms with Crippen LogP contribution in [0, 0.1) is 0 Å². The molecule has 0 saturated heterocycles. The van der Waals surface area contributed by atoms with E-state index in [0.717, 1.165) is 12.8 Å². The van der Waals surface area contributed by atoms with Crippen molar-refractivity contribution in [2.45, 2.75) is 26.7 Å². The third-order valence-corrected chi connectivity index (χ3v) is 8.21. The van der Waals surface area contributed by atoms with Crippen molar-refractivity contribution in [3.8, 4) is 0 Å². The molecular formula is C29H30NSe+. The molecule has 0 atom stereocenters. The van der Waals surface area contributed by atoms with Gasteiger partial charge < -0.3 is 0 Å². The van der Waals surface area contributed by atoms with Crippen LogP contribution in [0.2, 0.25) is 0 Å². The van der Waals surface area contributed by atoms with Gasteiger partial charge in [-0.3, -0.25) is 0 Å². The SMILES string of the molecule is CCc1ccc(C2=CC(=C3C=CC(=[N+](C)C)C=C3)C=C(c3ccc(CC)cc3)[Se]2)cc1. The Kier molecular flexibility index (Phi) is 6.70. The van der Waals surface area contributed by atoms with Gasteiger partial charge in [0.25, 0.3) is 0 Å². The third-order valence-electron chi connectivity index (χ3n) is 5.80. The molecule has 0 radical (unpaired) electrons. The molecule has 0 aromatic heterocycles. The number of hydrogen-bond acceptors (Lipinski definition) is 0. The summed E-state index contributed by atoms with van der Waals surface area (Å²) in [4.78, 5) is 0. The molecule has 2 heteroatoms. The van der Waals surface area contributed by atoms with Crippen molar-refractivity contribution in [2.24, 2.45) is 0 Å². The van der Waals surface area contributed by atoms with Crippen LogP contribution in [0.3, 0.4) is 0 Å².